The van der Waals surface area contributed by atoms with Gasteiger partial charge in [0.05, 0.1) is 19.1 Å². The van der Waals surface area contributed by atoms with Crippen LogP contribution in [0.2, 0.25) is 0 Å². The van der Waals surface area contributed by atoms with Crippen molar-refractivity contribution in [3.05, 3.63) is 21.9 Å². The quantitative estimate of drug-likeness (QED) is 0.868. The number of thiophene rings is 1. The Balaban J connectivity index is 1.82. The molecule has 1 amide bonds. The van der Waals surface area contributed by atoms with Crippen molar-refractivity contribution in [2.75, 3.05) is 6.54 Å². The van der Waals surface area contributed by atoms with Gasteiger partial charge in [-0.15, -0.1) is 11.3 Å². The highest BCUT2D eigenvalue weighted by molar-refractivity contribution is 7.11. The fourth-order valence-corrected chi connectivity index (χ4v) is 2.61. The van der Waals surface area contributed by atoms with Crippen LogP contribution in [0.15, 0.2) is 12.1 Å². The molecule has 0 spiro atoms. The maximum absolute atomic E-state index is 12.9. The predicted molar refractivity (Wildman–Crippen MR) is 62.3 cm³/mol. The lowest BCUT2D eigenvalue weighted by atomic mass is 10.2. The summed E-state index contributed by atoms with van der Waals surface area (Å²) in [6.07, 6.45) is -0.414. The number of nitrogens with one attached hydrogen (secondary N) is 2. The Bertz CT molecular complexity index is 419. The van der Waals surface area contributed by atoms with Gasteiger partial charge in [-0.25, -0.2) is 8.78 Å². The van der Waals surface area contributed by atoms with Crippen LogP contribution in [-0.4, -0.2) is 24.4 Å². The van der Waals surface area contributed by atoms with Gasteiger partial charge in [-0.05, 0) is 19.1 Å². The van der Waals surface area contributed by atoms with E-state index in [1.807, 2.05) is 19.1 Å². The molecule has 17 heavy (non-hydrogen) atoms. The van der Waals surface area contributed by atoms with Crippen LogP contribution in [0.3, 0.4) is 0 Å². The molecule has 1 aliphatic heterocycles. The second kappa shape index (κ2) is 4.70. The summed E-state index contributed by atoms with van der Waals surface area (Å²) in [6.45, 7) is 1.97. The van der Waals surface area contributed by atoms with Crippen molar-refractivity contribution in [1.82, 2.24) is 10.6 Å². The number of aryl methyl sites for hydroxylation is 1. The maximum atomic E-state index is 12.9. The summed E-state index contributed by atoms with van der Waals surface area (Å²) in [5.41, 5.74) is 0. The lowest BCUT2D eigenvalue weighted by Gasteiger charge is -2.10. The first-order valence-corrected chi connectivity index (χ1v) is 6.22. The number of carbonyl (C=O) groups excluding carboxylic acids is 1. The summed E-state index contributed by atoms with van der Waals surface area (Å²) < 4.78 is 25.8. The lowest BCUT2D eigenvalue weighted by Crippen LogP contribution is -2.39. The summed E-state index contributed by atoms with van der Waals surface area (Å²) >= 11 is 1.59. The molecule has 1 atom stereocenters. The van der Waals surface area contributed by atoms with Crippen LogP contribution in [0.5, 0.6) is 0 Å². The van der Waals surface area contributed by atoms with Crippen LogP contribution in [0.25, 0.3) is 0 Å². The zero-order valence-corrected chi connectivity index (χ0v) is 10.2. The van der Waals surface area contributed by atoms with Crippen molar-refractivity contribution < 1.29 is 13.6 Å². The predicted octanol–water partition coefficient (Wildman–Crippen LogP) is 1.67. The van der Waals surface area contributed by atoms with Crippen molar-refractivity contribution >= 4 is 17.2 Å². The van der Waals surface area contributed by atoms with E-state index in [0.29, 0.717) is 6.54 Å². The van der Waals surface area contributed by atoms with E-state index in [2.05, 4.69) is 10.6 Å². The maximum Gasteiger partial charge on any atom is 0.262 e. The molecule has 1 aromatic rings. The van der Waals surface area contributed by atoms with Gasteiger partial charge in [-0.2, -0.15) is 0 Å². The highest BCUT2D eigenvalue weighted by atomic mass is 32.1. The SMILES string of the molecule is Cc1ccc(CNC(=O)C2CC(F)(F)CN2)s1. The number of amides is 1. The topological polar surface area (TPSA) is 41.1 Å². The largest absolute Gasteiger partial charge is 0.350 e. The molecule has 2 heterocycles. The molecule has 1 fully saturated rings. The number of hydrogen-bond acceptors (Lipinski definition) is 3. The second-order valence-corrected chi connectivity index (χ2v) is 5.60. The molecule has 0 aromatic carbocycles. The normalized spacial score (nSPS) is 22.6. The minimum atomic E-state index is -2.76. The van der Waals surface area contributed by atoms with E-state index in [9.17, 15) is 13.6 Å². The molecule has 3 nitrogen and oxygen atoms in total. The lowest BCUT2D eigenvalue weighted by molar-refractivity contribution is -0.123. The number of carbonyl (C=O) groups is 1. The molecular formula is C11H14F2N2OS. The average molecular weight is 260 g/mol. The molecule has 6 heteroatoms. The second-order valence-electron chi connectivity index (χ2n) is 4.22. The van der Waals surface area contributed by atoms with Crippen molar-refractivity contribution in [3.8, 4) is 0 Å². The van der Waals surface area contributed by atoms with E-state index < -0.39 is 24.9 Å². The smallest absolute Gasteiger partial charge is 0.262 e. The minimum absolute atomic E-state index is 0.353. The number of alkyl halides is 2. The van der Waals surface area contributed by atoms with Gasteiger partial charge in [0.15, 0.2) is 0 Å². The van der Waals surface area contributed by atoms with Gasteiger partial charge in [0, 0.05) is 16.2 Å². The minimum Gasteiger partial charge on any atom is -0.350 e. The molecule has 1 aromatic heterocycles. The van der Waals surface area contributed by atoms with Crippen molar-refractivity contribution in [1.29, 1.82) is 0 Å². The Morgan fingerprint density at radius 2 is 2.41 bits per heavy atom. The Morgan fingerprint density at radius 3 is 2.94 bits per heavy atom. The van der Waals surface area contributed by atoms with Gasteiger partial charge in [-0.1, -0.05) is 0 Å². The van der Waals surface area contributed by atoms with Gasteiger partial charge < -0.3 is 5.32 Å². The number of rotatable bonds is 3. The Morgan fingerprint density at radius 1 is 1.65 bits per heavy atom. The monoisotopic (exact) mass is 260 g/mol. The third kappa shape index (κ3) is 3.23. The summed E-state index contributed by atoms with van der Waals surface area (Å²) in [5, 5.41) is 5.20. The van der Waals surface area contributed by atoms with Gasteiger partial charge in [-0.3, -0.25) is 10.1 Å². The fourth-order valence-electron chi connectivity index (χ4n) is 1.78. The Kier molecular flexibility index (Phi) is 3.44. The molecule has 0 bridgehead atoms. The summed E-state index contributed by atoms with van der Waals surface area (Å²) in [4.78, 5) is 13.8. The van der Waals surface area contributed by atoms with Gasteiger partial charge >= 0.3 is 0 Å². The molecule has 94 valence electrons. The number of hydrogen-bond donors (Lipinski definition) is 2. The van der Waals surface area contributed by atoms with Crippen LogP contribution in [0, 0.1) is 6.92 Å². The molecule has 0 radical (unpaired) electrons. The first-order chi connectivity index (χ1) is 7.96. The molecule has 2 rings (SSSR count). The molecule has 1 unspecified atom stereocenters. The van der Waals surface area contributed by atoms with Crippen LogP contribution in [-0.2, 0) is 11.3 Å². The van der Waals surface area contributed by atoms with Crippen LogP contribution in [0.1, 0.15) is 16.2 Å². The van der Waals surface area contributed by atoms with Crippen LogP contribution < -0.4 is 10.6 Å². The van der Waals surface area contributed by atoms with E-state index >= 15 is 0 Å². The van der Waals surface area contributed by atoms with E-state index in [-0.39, 0.29) is 5.91 Å². The van der Waals surface area contributed by atoms with Crippen LogP contribution >= 0.6 is 11.3 Å². The molecule has 2 N–H and O–H groups in total. The van der Waals surface area contributed by atoms with Crippen LogP contribution in [0.4, 0.5) is 8.78 Å². The Hall–Kier alpha value is -1.01. The highest BCUT2D eigenvalue weighted by Crippen LogP contribution is 2.25. The van der Waals surface area contributed by atoms with Crippen molar-refractivity contribution in [2.24, 2.45) is 0 Å². The molecular weight excluding hydrogens is 246 g/mol. The zero-order chi connectivity index (χ0) is 12.5. The van der Waals surface area contributed by atoms with Crippen molar-refractivity contribution in [2.45, 2.75) is 31.9 Å². The first kappa shape index (κ1) is 12.4. The van der Waals surface area contributed by atoms with E-state index in [0.717, 1.165) is 4.88 Å². The first-order valence-electron chi connectivity index (χ1n) is 5.40. The molecule has 1 aliphatic rings. The molecule has 0 saturated carbocycles. The third-order valence-electron chi connectivity index (χ3n) is 2.66. The molecule has 0 aliphatic carbocycles. The molecule has 1 saturated heterocycles. The zero-order valence-electron chi connectivity index (χ0n) is 9.43. The van der Waals surface area contributed by atoms with E-state index in [4.69, 9.17) is 0 Å². The summed E-state index contributed by atoms with van der Waals surface area (Å²) in [7, 11) is 0. The van der Waals surface area contributed by atoms with Gasteiger partial charge in [0.25, 0.3) is 5.92 Å². The Labute approximate surface area is 102 Å². The fraction of sp³-hybridized carbons (Fsp3) is 0.545. The van der Waals surface area contributed by atoms with E-state index in [1.54, 1.807) is 11.3 Å². The summed E-state index contributed by atoms with van der Waals surface area (Å²) in [5.74, 6) is -3.12. The van der Waals surface area contributed by atoms with Gasteiger partial charge in [0.2, 0.25) is 5.91 Å². The van der Waals surface area contributed by atoms with E-state index in [1.165, 1.54) is 4.88 Å². The average Bonchev–Trinajstić information content (AvgIpc) is 2.81. The number of halogens is 2. The van der Waals surface area contributed by atoms with Gasteiger partial charge in [0.1, 0.15) is 0 Å². The highest BCUT2D eigenvalue weighted by Gasteiger charge is 2.42. The standard InChI is InChI=1S/C11H14F2N2OS/c1-7-2-3-8(17-7)5-14-10(16)9-4-11(12,13)6-15-9/h2-3,9,15H,4-6H2,1H3,(H,14,16). The summed E-state index contributed by atoms with van der Waals surface area (Å²) in [6, 6.07) is 3.12. The van der Waals surface area contributed by atoms with Crippen molar-refractivity contribution in [3.63, 3.8) is 0 Å². The third-order valence-corrected chi connectivity index (χ3v) is 3.66.